The topological polar surface area (TPSA) is 0 Å². The van der Waals surface area contributed by atoms with E-state index in [0.717, 1.165) is 8.86 Å². The first kappa shape index (κ1) is 9.77. The third-order valence-electron chi connectivity index (χ3n) is 1.78. The van der Waals surface area contributed by atoms with Gasteiger partial charge in [0.25, 0.3) is 0 Å². The van der Waals surface area contributed by atoms with Gasteiger partial charge in [-0.25, -0.2) is 0 Å². The van der Waals surface area contributed by atoms with E-state index in [9.17, 15) is 0 Å². The first-order valence-corrected chi connectivity index (χ1v) is 6.54. The third kappa shape index (κ3) is 2.31. The standard InChI is InChI=1S/C9H10I2/c1-7-3-2-4-8(5-10)9(7)6-11/h2-4H,5-6H2,1H3. The highest BCUT2D eigenvalue weighted by Crippen LogP contribution is 2.19. The second-order valence-corrected chi connectivity index (χ2v) is 4.01. The summed E-state index contributed by atoms with van der Waals surface area (Å²) in [5.74, 6) is 0. The second-order valence-electron chi connectivity index (χ2n) is 2.48. The fourth-order valence-electron chi connectivity index (χ4n) is 1.08. The summed E-state index contributed by atoms with van der Waals surface area (Å²) in [6, 6.07) is 6.54. The van der Waals surface area contributed by atoms with Crippen molar-refractivity contribution in [2.45, 2.75) is 15.8 Å². The molecule has 1 aromatic rings. The molecule has 0 N–H and O–H groups in total. The summed E-state index contributed by atoms with van der Waals surface area (Å²) in [6.45, 7) is 2.18. The average Bonchev–Trinajstić information content (AvgIpc) is 2.04. The summed E-state index contributed by atoms with van der Waals surface area (Å²) in [5, 5.41) is 0. The zero-order chi connectivity index (χ0) is 8.27. The van der Waals surface area contributed by atoms with E-state index >= 15 is 0 Å². The lowest BCUT2D eigenvalue weighted by Gasteiger charge is -2.06. The van der Waals surface area contributed by atoms with Crippen LogP contribution >= 0.6 is 45.2 Å². The van der Waals surface area contributed by atoms with Gasteiger partial charge in [-0.3, -0.25) is 0 Å². The summed E-state index contributed by atoms with van der Waals surface area (Å²) in [7, 11) is 0. The minimum Gasteiger partial charge on any atom is -0.0812 e. The number of rotatable bonds is 2. The summed E-state index contributed by atoms with van der Waals surface area (Å²) >= 11 is 4.84. The van der Waals surface area contributed by atoms with Crippen molar-refractivity contribution in [2.75, 3.05) is 0 Å². The quantitative estimate of drug-likeness (QED) is 0.547. The molecular weight excluding hydrogens is 362 g/mol. The Bertz CT molecular complexity index is 243. The van der Waals surface area contributed by atoms with E-state index in [1.54, 1.807) is 0 Å². The maximum atomic E-state index is 2.42. The van der Waals surface area contributed by atoms with Crippen molar-refractivity contribution < 1.29 is 0 Å². The molecule has 0 bridgehead atoms. The van der Waals surface area contributed by atoms with Gasteiger partial charge in [-0.05, 0) is 23.6 Å². The van der Waals surface area contributed by atoms with Crippen molar-refractivity contribution in [3.63, 3.8) is 0 Å². The molecule has 0 aliphatic rings. The predicted octanol–water partition coefficient (Wildman–Crippen LogP) is 3.87. The van der Waals surface area contributed by atoms with Gasteiger partial charge in [0, 0.05) is 8.86 Å². The zero-order valence-corrected chi connectivity index (χ0v) is 10.7. The van der Waals surface area contributed by atoms with Crippen LogP contribution in [0.2, 0.25) is 0 Å². The number of hydrogen-bond donors (Lipinski definition) is 0. The molecule has 0 amide bonds. The predicted molar refractivity (Wildman–Crippen MR) is 66.6 cm³/mol. The third-order valence-corrected chi connectivity index (χ3v) is 3.37. The number of aryl methyl sites for hydroxylation is 1. The summed E-state index contributed by atoms with van der Waals surface area (Å²) in [4.78, 5) is 0. The van der Waals surface area contributed by atoms with Crippen LogP contribution in [-0.4, -0.2) is 0 Å². The minimum atomic E-state index is 1.12. The van der Waals surface area contributed by atoms with E-state index in [-0.39, 0.29) is 0 Å². The van der Waals surface area contributed by atoms with Crippen molar-refractivity contribution in [1.29, 1.82) is 0 Å². The SMILES string of the molecule is Cc1cccc(CI)c1CI. The van der Waals surface area contributed by atoms with E-state index < -0.39 is 0 Å². The molecule has 0 aliphatic heterocycles. The highest BCUT2D eigenvalue weighted by molar-refractivity contribution is 14.1. The van der Waals surface area contributed by atoms with E-state index in [2.05, 4.69) is 70.3 Å². The van der Waals surface area contributed by atoms with Gasteiger partial charge in [0.2, 0.25) is 0 Å². The Balaban J connectivity index is 3.13. The smallest absolute Gasteiger partial charge is 0.0252 e. The number of alkyl halides is 2. The molecule has 0 spiro atoms. The molecular formula is C9H10I2. The van der Waals surface area contributed by atoms with Gasteiger partial charge in [0.15, 0.2) is 0 Å². The molecule has 0 aromatic heterocycles. The molecule has 0 unspecified atom stereocenters. The second kappa shape index (κ2) is 4.64. The maximum absolute atomic E-state index is 2.42. The first-order valence-electron chi connectivity index (χ1n) is 3.49. The maximum Gasteiger partial charge on any atom is 0.0252 e. The van der Waals surface area contributed by atoms with Crippen LogP contribution in [0.25, 0.3) is 0 Å². The van der Waals surface area contributed by atoms with Crippen LogP contribution in [0.1, 0.15) is 16.7 Å². The Hall–Kier alpha value is 0.680. The highest BCUT2D eigenvalue weighted by Gasteiger charge is 2.01. The van der Waals surface area contributed by atoms with Gasteiger partial charge in [0.1, 0.15) is 0 Å². The van der Waals surface area contributed by atoms with Gasteiger partial charge < -0.3 is 0 Å². The van der Waals surface area contributed by atoms with Gasteiger partial charge in [-0.1, -0.05) is 63.4 Å². The van der Waals surface area contributed by atoms with Crippen molar-refractivity contribution in [2.24, 2.45) is 0 Å². The van der Waals surface area contributed by atoms with Crippen molar-refractivity contribution >= 4 is 45.2 Å². The molecule has 0 radical (unpaired) electrons. The molecule has 1 rings (SSSR count). The molecule has 1 aromatic carbocycles. The minimum absolute atomic E-state index is 1.12. The van der Waals surface area contributed by atoms with Crippen LogP contribution in [0.15, 0.2) is 18.2 Å². The largest absolute Gasteiger partial charge is 0.0812 e. The fraction of sp³-hybridized carbons (Fsp3) is 0.333. The molecule has 11 heavy (non-hydrogen) atoms. The van der Waals surface area contributed by atoms with Gasteiger partial charge in [0.05, 0.1) is 0 Å². The van der Waals surface area contributed by atoms with E-state index in [1.165, 1.54) is 16.7 Å². The molecule has 0 saturated carbocycles. The van der Waals surface area contributed by atoms with Gasteiger partial charge in [-0.15, -0.1) is 0 Å². The number of halogens is 2. The van der Waals surface area contributed by atoms with E-state index in [0.29, 0.717) is 0 Å². The van der Waals surface area contributed by atoms with Crippen LogP contribution in [0.5, 0.6) is 0 Å². The first-order chi connectivity index (χ1) is 5.29. The Labute approximate surface area is 95.0 Å². The molecule has 2 heteroatoms. The van der Waals surface area contributed by atoms with Crippen LogP contribution in [-0.2, 0) is 8.86 Å². The van der Waals surface area contributed by atoms with Gasteiger partial charge in [-0.2, -0.15) is 0 Å². The summed E-state index contributed by atoms with van der Waals surface area (Å²) < 4.78 is 2.25. The molecule has 0 saturated heterocycles. The molecule has 60 valence electrons. The molecule has 0 nitrogen and oxygen atoms in total. The van der Waals surface area contributed by atoms with Crippen LogP contribution in [0, 0.1) is 6.92 Å². The Morgan fingerprint density at radius 2 is 1.91 bits per heavy atom. The number of hydrogen-bond acceptors (Lipinski definition) is 0. The monoisotopic (exact) mass is 372 g/mol. The van der Waals surface area contributed by atoms with Crippen LogP contribution in [0.4, 0.5) is 0 Å². The van der Waals surface area contributed by atoms with Crippen molar-refractivity contribution in [3.8, 4) is 0 Å². The normalized spacial score (nSPS) is 10.1. The molecule has 0 fully saturated rings. The number of benzene rings is 1. The average molecular weight is 372 g/mol. The molecule has 0 aliphatic carbocycles. The Kier molecular flexibility index (Phi) is 4.12. The molecule has 0 heterocycles. The van der Waals surface area contributed by atoms with Crippen LogP contribution < -0.4 is 0 Å². The zero-order valence-electron chi connectivity index (χ0n) is 6.40. The summed E-state index contributed by atoms with van der Waals surface area (Å²) in [5.41, 5.74) is 4.43. The molecule has 0 atom stereocenters. The fourth-order valence-corrected chi connectivity index (χ4v) is 2.89. The lowest BCUT2D eigenvalue weighted by Crippen LogP contribution is -1.90. The highest BCUT2D eigenvalue weighted by atomic mass is 127. The van der Waals surface area contributed by atoms with Gasteiger partial charge >= 0.3 is 0 Å². The Morgan fingerprint density at radius 1 is 1.18 bits per heavy atom. The van der Waals surface area contributed by atoms with E-state index in [1.807, 2.05) is 0 Å². The van der Waals surface area contributed by atoms with Crippen molar-refractivity contribution in [3.05, 3.63) is 34.9 Å². The van der Waals surface area contributed by atoms with Crippen molar-refractivity contribution in [1.82, 2.24) is 0 Å². The van der Waals surface area contributed by atoms with Crippen LogP contribution in [0.3, 0.4) is 0 Å². The lowest BCUT2D eigenvalue weighted by atomic mass is 10.1. The summed E-state index contributed by atoms with van der Waals surface area (Å²) in [6.07, 6.45) is 0. The lowest BCUT2D eigenvalue weighted by molar-refractivity contribution is 1.25. The van der Waals surface area contributed by atoms with E-state index in [4.69, 9.17) is 0 Å². The Morgan fingerprint density at radius 3 is 2.36 bits per heavy atom.